The standard InChI is InChI=1S/C17H14FN3O3/c1-23-16-8-11-13(5-6-19-15(11)9-17(16)24-2)20-14-4-3-10(21-22)7-12(14)18/h3-9H,1-2H3,(H,19,20). The number of benzene rings is 2. The number of nitrogens with one attached hydrogen (secondary N) is 1. The van der Waals surface area contributed by atoms with Crippen molar-refractivity contribution in [2.45, 2.75) is 0 Å². The molecule has 0 bridgehead atoms. The molecule has 0 spiro atoms. The number of rotatable bonds is 5. The van der Waals surface area contributed by atoms with E-state index in [0.29, 0.717) is 22.7 Å². The number of halogens is 1. The number of hydrogen-bond donors (Lipinski definition) is 1. The summed E-state index contributed by atoms with van der Waals surface area (Å²) in [6.45, 7) is 0. The molecule has 1 heterocycles. The molecular weight excluding hydrogens is 313 g/mol. The Bertz CT molecular complexity index is 915. The topological polar surface area (TPSA) is 72.8 Å². The molecular formula is C17H14FN3O3. The van der Waals surface area contributed by atoms with E-state index in [1.165, 1.54) is 19.2 Å². The fourth-order valence-electron chi connectivity index (χ4n) is 2.39. The quantitative estimate of drug-likeness (QED) is 0.697. The van der Waals surface area contributed by atoms with E-state index in [-0.39, 0.29) is 11.4 Å². The van der Waals surface area contributed by atoms with Crippen LogP contribution in [0.5, 0.6) is 11.5 Å². The second kappa shape index (κ2) is 6.49. The lowest BCUT2D eigenvalue weighted by Gasteiger charge is -2.13. The van der Waals surface area contributed by atoms with E-state index in [9.17, 15) is 9.30 Å². The molecule has 0 atom stereocenters. The number of methoxy groups -OCH3 is 2. The molecule has 1 aromatic heterocycles. The number of fused-ring (bicyclic) bond motifs is 1. The Labute approximate surface area is 137 Å². The van der Waals surface area contributed by atoms with Crippen LogP contribution in [0.25, 0.3) is 10.9 Å². The summed E-state index contributed by atoms with van der Waals surface area (Å²) >= 11 is 0. The normalized spacial score (nSPS) is 10.5. The molecule has 0 saturated heterocycles. The second-order valence-corrected chi connectivity index (χ2v) is 4.96. The lowest BCUT2D eigenvalue weighted by molar-refractivity contribution is 0.356. The number of pyridine rings is 1. The summed E-state index contributed by atoms with van der Waals surface area (Å²) in [5, 5.41) is 6.46. The van der Waals surface area contributed by atoms with Gasteiger partial charge in [0.2, 0.25) is 0 Å². The van der Waals surface area contributed by atoms with Crippen LogP contribution in [0.2, 0.25) is 0 Å². The largest absolute Gasteiger partial charge is 0.493 e. The van der Waals surface area contributed by atoms with Crippen molar-refractivity contribution in [3.05, 3.63) is 53.3 Å². The van der Waals surface area contributed by atoms with Crippen LogP contribution in [-0.2, 0) is 0 Å². The van der Waals surface area contributed by atoms with Crippen LogP contribution in [0.1, 0.15) is 0 Å². The number of nitroso groups, excluding NO2 is 1. The molecule has 0 amide bonds. The predicted octanol–water partition coefficient (Wildman–Crippen LogP) is 4.53. The summed E-state index contributed by atoms with van der Waals surface area (Å²) in [6.07, 6.45) is 1.61. The lowest BCUT2D eigenvalue weighted by atomic mass is 10.1. The summed E-state index contributed by atoms with van der Waals surface area (Å²) in [6, 6.07) is 9.20. The van der Waals surface area contributed by atoms with Crippen LogP contribution in [0.15, 0.2) is 47.8 Å². The highest BCUT2D eigenvalue weighted by molar-refractivity contribution is 5.95. The Hall–Kier alpha value is -3.22. The molecule has 24 heavy (non-hydrogen) atoms. The maximum atomic E-state index is 14.1. The first-order valence-electron chi connectivity index (χ1n) is 7.07. The minimum atomic E-state index is -0.572. The Morgan fingerprint density at radius 2 is 1.79 bits per heavy atom. The van der Waals surface area contributed by atoms with Crippen molar-refractivity contribution < 1.29 is 13.9 Å². The molecule has 6 nitrogen and oxygen atoms in total. The third kappa shape index (κ3) is 2.83. The SMILES string of the molecule is COc1cc2nccc(Nc3ccc(N=O)cc3F)c2cc1OC. The van der Waals surface area contributed by atoms with Gasteiger partial charge in [0, 0.05) is 29.4 Å². The van der Waals surface area contributed by atoms with Crippen LogP contribution in [-0.4, -0.2) is 19.2 Å². The summed E-state index contributed by atoms with van der Waals surface area (Å²) in [4.78, 5) is 14.8. The van der Waals surface area contributed by atoms with Crippen LogP contribution < -0.4 is 14.8 Å². The molecule has 2 aromatic carbocycles. The van der Waals surface area contributed by atoms with Gasteiger partial charge in [-0.05, 0) is 29.4 Å². The molecule has 0 aliphatic carbocycles. The van der Waals surface area contributed by atoms with Crippen molar-refractivity contribution in [1.29, 1.82) is 0 Å². The number of anilines is 2. The average Bonchev–Trinajstić information content (AvgIpc) is 2.62. The molecule has 7 heteroatoms. The van der Waals surface area contributed by atoms with Gasteiger partial charge in [0.25, 0.3) is 0 Å². The summed E-state index contributed by atoms with van der Waals surface area (Å²) in [5.74, 6) is 0.529. The Kier molecular flexibility index (Phi) is 4.24. The van der Waals surface area contributed by atoms with Crippen molar-refractivity contribution in [2.24, 2.45) is 5.18 Å². The average molecular weight is 327 g/mol. The van der Waals surface area contributed by atoms with Gasteiger partial charge in [-0.2, -0.15) is 0 Å². The van der Waals surface area contributed by atoms with Gasteiger partial charge in [-0.3, -0.25) is 4.98 Å². The van der Waals surface area contributed by atoms with Gasteiger partial charge in [-0.15, -0.1) is 4.91 Å². The maximum absolute atomic E-state index is 14.1. The molecule has 3 rings (SSSR count). The van der Waals surface area contributed by atoms with E-state index < -0.39 is 5.82 Å². The van der Waals surface area contributed by atoms with Gasteiger partial charge >= 0.3 is 0 Å². The van der Waals surface area contributed by atoms with Crippen LogP contribution in [0.3, 0.4) is 0 Å². The van der Waals surface area contributed by atoms with Crippen molar-refractivity contribution in [3.63, 3.8) is 0 Å². The van der Waals surface area contributed by atoms with E-state index in [2.05, 4.69) is 15.5 Å². The van der Waals surface area contributed by atoms with Gasteiger partial charge in [0.15, 0.2) is 11.5 Å². The van der Waals surface area contributed by atoms with E-state index in [0.717, 1.165) is 11.5 Å². The van der Waals surface area contributed by atoms with Gasteiger partial charge in [-0.1, -0.05) is 0 Å². The number of nitrogens with zero attached hydrogens (tertiary/aromatic N) is 2. The third-order valence-electron chi connectivity index (χ3n) is 3.57. The molecule has 0 radical (unpaired) electrons. The zero-order chi connectivity index (χ0) is 17.1. The predicted molar refractivity (Wildman–Crippen MR) is 90.0 cm³/mol. The fourth-order valence-corrected chi connectivity index (χ4v) is 2.39. The Morgan fingerprint density at radius 1 is 1.04 bits per heavy atom. The van der Waals surface area contributed by atoms with Crippen LogP contribution in [0.4, 0.5) is 21.5 Å². The molecule has 1 N–H and O–H groups in total. The molecule has 0 fully saturated rings. The first-order valence-corrected chi connectivity index (χ1v) is 7.07. The zero-order valence-corrected chi connectivity index (χ0v) is 13.0. The molecule has 122 valence electrons. The Balaban J connectivity index is 2.08. The third-order valence-corrected chi connectivity index (χ3v) is 3.57. The monoisotopic (exact) mass is 327 g/mol. The number of ether oxygens (including phenoxy) is 2. The van der Waals surface area contributed by atoms with E-state index >= 15 is 0 Å². The van der Waals surface area contributed by atoms with E-state index in [1.54, 1.807) is 31.5 Å². The minimum absolute atomic E-state index is 0.0315. The highest BCUT2D eigenvalue weighted by Crippen LogP contribution is 2.35. The summed E-state index contributed by atoms with van der Waals surface area (Å²) in [5.41, 5.74) is 1.57. The minimum Gasteiger partial charge on any atom is -0.493 e. The maximum Gasteiger partial charge on any atom is 0.162 e. The van der Waals surface area contributed by atoms with Crippen LogP contribution >= 0.6 is 0 Å². The summed E-state index contributed by atoms with van der Waals surface area (Å²) < 4.78 is 24.6. The van der Waals surface area contributed by atoms with Crippen molar-refractivity contribution in [1.82, 2.24) is 4.98 Å². The molecule has 0 unspecified atom stereocenters. The smallest absolute Gasteiger partial charge is 0.162 e. The van der Waals surface area contributed by atoms with Crippen molar-refractivity contribution >= 4 is 28.0 Å². The van der Waals surface area contributed by atoms with Gasteiger partial charge in [-0.25, -0.2) is 4.39 Å². The van der Waals surface area contributed by atoms with E-state index in [1.807, 2.05) is 0 Å². The molecule has 3 aromatic rings. The van der Waals surface area contributed by atoms with Crippen molar-refractivity contribution in [2.75, 3.05) is 19.5 Å². The van der Waals surface area contributed by atoms with Gasteiger partial charge in [0.05, 0.1) is 25.4 Å². The van der Waals surface area contributed by atoms with E-state index in [4.69, 9.17) is 9.47 Å². The Morgan fingerprint density at radius 3 is 2.46 bits per heavy atom. The number of hydrogen-bond acceptors (Lipinski definition) is 6. The first kappa shape index (κ1) is 15.7. The van der Waals surface area contributed by atoms with Gasteiger partial charge in [0.1, 0.15) is 11.5 Å². The lowest BCUT2D eigenvalue weighted by Crippen LogP contribution is -1.97. The molecule has 0 aliphatic heterocycles. The summed E-state index contributed by atoms with van der Waals surface area (Å²) in [7, 11) is 3.09. The van der Waals surface area contributed by atoms with Gasteiger partial charge < -0.3 is 14.8 Å². The first-order chi connectivity index (χ1) is 11.7. The fraction of sp³-hybridized carbons (Fsp3) is 0.118. The number of aromatic nitrogens is 1. The van der Waals surface area contributed by atoms with Crippen molar-refractivity contribution in [3.8, 4) is 11.5 Å². The molecule has 0 saturated carbocycles. The highest BCUT2D eigenvalue weighted by atomic mass is 19.1. The second-order valence-electron chi connectivity index (χ2n) is 4.96. The highest BCUT2D eigenvalue weighted by Gasteiger charge is 2.11. The molecule has 0 aliphatic rings. The zero-order valence-electron chi connectivity index (χ0n) is 13.0. The van der Waals surface area contributed by atoms with Crippen LogP contribution in [0, 0.1) is 10.7 Å².